The van der Waals surface area contributed by atoms with Gasteiger partial charge in [-0.15, -0.1) is 11.8 Å². The zero-order valence-electron chi connectivity index (χ0n) is 16.6. The Kier molecular flexibility index (Phi) is 6.46. The molecule has 0 saturated carbocycles. The van der Waals surface area contributed by atoms with Crippen molar-refractivity contribution in [3.63, 3.8) is 0 Å². The first-order chi connectivity index (χ1) is 14.3. The molecule has 4 rings (SSSR count). The molecule has 1 N–H and O–H groups in total. The fourth-order valence-corrected chi connectivity index (χ4v) is 4.56. The molecular formula is C22H26N6S. The van der Waals surface area contributed by atoms with E-state index in [9.17, 15) is 0 Å². The number of rotatable bonds is 6. The summed E-state index contributed by atoms with van der Waals surface area (Å²) in [5, 5.41) is 3.51. The Labute approximate surface area is 176 Å². The molecule has 1 saturated heterocycles. The van der Waals surface area contributed by atoms with Crippen LogP contribution in [0.3, 0.4) is 0 Å². The van der Waals surface area contributed by atoms with Crippen molar-refractivity contribution < 1.29 is 0 Å². The smallest absolute Gasteiger partial charge is 0.193 e. The Hall–Kier alpha value is -2.80. The number of imidazole rings is 1. The van der Waals surface area contributed by atoms with Gasteiger partial charge in [0.25, 0.3) is 0 Å². The minimum Gasteiger partial charge on any atom is -0.352 e. The van der Waals surface area contributed by atoms with Crippen molar-refractivity contribution in [1.29, 1.82) is 0 Å². The fourth-order valence-electron chi connectivity index (χ4n) is 3.51. The Morgan fingerprint density at radius 2 is 2.14 bits per heavy atom. The first-order valence-electron chi connectivity index (χ1n) is 9.88. The fraction of sp³-hybridized carbons (Fsp3) is 0.318. The van der Waals surface area contributed by atoms with Gasteiger partial charge in [0, 0.05) is 55.9 Å². The molecule has 1 atom stereocenters. The van der Waals surface area contributed by atoms with Crippen LogP contribution in [0.25, 0.3) is 5.82 Å². The molecule has 6 nitrogen and oxygen atoms in total. The van der Waals surface area contributed by atoms with Crippen molar-refractivity contribution in [3.05, 3.63) is 72.9 Å². The Bertz CT molecular complexity index is 925. The number of benzene rings is 1. The van der Waals surface area contributed by atoms with Crippen molar-refractivity contribution in [2.75, 3.05) is 25.9 Å². The molecule has 150 valence electrons. The van der Waals surface area contributed by atoms with Crippen LogP contribution in [0.1, 0.15) is 12.0 Å². The van der Waals surface area contributed by atoms with E-state index in [0.717, 1.165) is 37.2 Å². The van der Waals surface area contributed by atoms with Crippen LogP contribution in [-0.4, -0.2) is 51.3 Å². The van der Waals surface area contributed by atoms with Crippen LogP contribution in [0.15, 0.2) is 77.3 Å². The second-order valence-electron chi connectivity index (χ2n) is 7.12. The number of likely N-dealkylation sites (tertiary alicyclic amines) is 1. The Morgan fingerprint density at radius 1 is 1.24 bits per heavy atom. The predicted molar refractivity (Wildman–Crippen MR) is 118 cm³/mol. The maximum atomic E-state index is 4.50. The number of nitrogens with zero attached hydrogens (tertiary/aromatic N) is 5. The molecule has 3 aromatic rings. The van der Waals surface area contributed by atoms with E-state index in [1.54, 1.807) is 12.5 Å². The molecule has 29 heavy (non-hydrogen) atoms. The molecule has 0 radical (unpaired) electrons. The van der Waals surface area contributed by atoms with Gasteiger partial charge in [0.2, 0.25) is 0 Å². The number of nitrogens with one attached hydrogen (secondary N) is 1. The second-order valence-corrected chi connectivity index (χ2v) is 8.21. The van der Waals surface area contributed by atoms with Gasteiger partial charge in [0.15, 0.2) is 5.96 Å². The first kappa shape index (κ1) is 19.5. The van der Waals surface area contributed by atoms with Gasteiger partial charge in [0.1, 0.15) is 12.1 Å². The van der Waals surface area contributed by atoms with Crippen molar-refractivity contribution >= 4 is 17.7 Å². The molecule has 1 aliphatic rings. The van der Waals surface area contributed by atoms with E-state index in [0.29, 0.717) is 5.92 Å². The molecule has 1 unspecified atom stereocenters. The van der Waals surface area contributed by atoms with E-state index in [-0.39, 0.29) is 0 Å². The average Bonchev–Trinajstić information content (AvgIpc) is 3.46. The van der Waals surface area contributed by atoms with Crippen LogP contribution in [0, 0.1) is 5.92 Å². The third-order valence-electron chi connectivity index (χ3n) is 5.06. The van der Waals surface area contributed by atoms with Crippen LogP contribution in [0.4, 0.5) is 0 Å². The molecule has 0 bridgehead atoms. The lowest BCUT2D eigenvalue weighted by Crippen LogP contribution is -2.39. The average molecular weight is 407 g/mol. The summed E-state index contributed by atoms with van der Waals surface area (Å²) in [4.78, 5) is 16.7. The lowest BCUT2D eigenvalue weighted by atomic mass is 10.2. The predicted octanol–water partition coefficient (Wildman–Crippen LogP) is 3.46. The number of aliphatic imine (C=N–C) groups is 1. The minimum absolute atomic E-state index is 0.688. The van der Waals surface area contributed by atoms with Gasteiger partial charge in [-0.3, -0.25) is 9.56 Å². The summed E-state index contributed by atoms with van der Waals surface area (Å²) >= 11 is 1.95. The lowest BCUT2D eigenvalue weighted by molar-refractivity contribution is 0.474. The maximum absolute atomic E-state index is 4.50. The molecule has 0 spiro atoms. The van der Waals surface area contributed by atoms with E-state index >= 15 is 0 Å². The first-order valence-corrected chi connectivity index (χ1v) is 10.9. The third kappa shape index (κ3) is 5.17. The summed E-state index contributed by atoms with van der Waals surface area (Å²) in [6.45, 7) is 2.82. The van der Waals surface area contributed by atoms with Gasteiger partial charge in [-0.25, -0.2) is 9.97 Å². The highest BCUT2D eigenvalue weighted by atomic mass is 32.2. The molecule has 0 amide bonds. The summed E-state index contributed by atoms with van der Waals surface area (Å²) in [5.41, 5.74) is 1.17. The van der Waals surface area contributed by atoms with Gasteiger partial charge >= 0.3 is 0 Å². The number of aromatic nitrogens is 3. The van der Waals surface area contributed by atoms with Crippen LogP contribution in [-0.2, 0) is 6.54 Å². The van der Waals surface area contributed by atoms with Crippen molar-refractivity contribution in [3.8, 4) is 5.82 Å². The van der Waals surface area contributed by atoms with Gasteiger partial charge in [-0.2, -0.15) is 0 Å². The Balaban J connectivity index is 1.29. The molecule has 7 heteroatoms. The van der Waals surface area contributed by atoms with Gasteiger partial charge in [0.05, 0.1) is 0 Å². The second kappa shape index (κ2) is 9.60. The molecule has 1 fully saturated rings. The molecule has 0 aliphatic carbocycles. The minimum atomic E-state index is 0.688. The highest BCUT2D eigenvalue weighted by Crippen LogP contribution is 2.25. The van der Waals surface area contributed by atoms with Crippen molar-refractivity contribution in [2.24, 2.45) is 10.9 Å². The Morgan fingerprint density at radius 3 is 2.93 bits per heavy atom. The molecule has 1 aliphatic heterocycles. The zero-order valence-corrected chi connectivity index (χ0v) is 17.4. The van der Waals surface area contributed by atoms with E-state index in [1.165, 1.54) is 16.9 Å². The molecule has 2 aromatic heterocycles. The highest BCUT2D eigenvalue weighted by molar-refractivity contribution is 7.99. The summed E-state index contributed by atoms with van der Waals surface area (Å²) in [6.07, 6.45) is 8.46. The van der Waals surface area contributed by atoms with E-state index in [1.807, 2.05) is 41.8 Å². The standard InChI is InChI=1S/C22H26N6S/c1-23-22(26-14-18-7-9-25-21(13-18)28-12-10-24-17-28)27-11-8-19(15-27)16-29-20-5-3-2-4-6-20/h2-7,9-10,12-13,17,19H,8,11,14-16H2,1H3,(H,23,26). The van der Waals surface area contributed by atoms with Crippen LogP contribution >= 0.6 is 11.8 Å². The van der Waals surface area contributed by atoms with Crippen LogP contribution in [0.2, 0.25) is 0 Å². The van der Waals surface area contributed by atoms with Crippen molar-refractivity contribution in [1.82, 2.24) is 24.8 Å². The van der Waals surface area contributed by atoms with Crippen LogP contribution in [0.5, 0.6) is 0 Å². The third-order valence-corrected chi connectivity index (χ3v) is 6.30. The lowest BCUT2D eigenvalue weighted by Gasteiger charge is -2.22. The van der Waals surface area contributed by atoms with Crippen molar-refractivity contribution in [2.45, 2.75) is 17.9 Å². The van der Waals surface area contributed by atoms with Gasteiger partial charge < -0.3 is 10.2 Å². The van der Waals surface area contributed by atoms with Gasteiger partial charge in [-0.1, -0.05) is 18.2 Å². The molecule has 1 aromatic carbocycles. The summed E-state index contributed by atoms with van der Waals surface area (Å²) in [5.74, 6) is 3.68. The summed E-state index contributed by atoms with van der Waals surface area (Å²) in [7, 11) is 1.86. The monoisotopic (exact) mass is 406 g/mol. The maximum Gasteiger partial charge on any atom is 0.193 e. The van der Waals surface area contributed by atoms with E-state index in [2.05, 4.69) is 61.6 Å². The van der Waals surface area contributed by atoms with E-state index < -0.39 is 0 Å². The number of thioether (sulfide) groups is 1. The number of hydrogen-bond donors (Lipinski definition) is 1. The number of guanidine groups is 1. The van der Waals surface area contributed by atoms with Gasteiger partial charge in [-0.05, 0) is 42.2 Å². The van der Waals surface area contributed by atoms with E-state index in [4.69, 9.17) is 0 Å². The quantitative estimate of drug-likeness (QED) is 0.386. The largest absolute Gasteiger partial charge is 0.352 e. The number of hydrogen-bond acceptors (Lipinski definition) is 4. The summed E-state index contributed by atoms with van der Waals surface area (Å²) < 4.78 is 1.91. The van der Waals surface area contributed by atoms with Crippen LogP contribution < -0.4 is 5.32 Å². The number of pyridine rings is 1. The highest BCUT2D eigenvalue weighted by Gasteiger charge is 2.24. The summed E-state index contributed by atoms with van der Waals surface area (Å²) in [6, 6.07) is 14.8. The molecule has 3 heterocycles. The SMILES string of the molecule is CN=C(NCc1ccnc(-n2ccnc2)c1)N1CCC(CSc2ccccc2)C1. The topological polar surface area (TPSA) is 58.3 Å². The molecular weight excluding hydrogens is 380 g/mol. The normalized spacial score (nSPS) is 16.9. The zero-order chi connectivity index (χ0) is 19.9.